The van der Waals surface area contributed by atoms with E-state index < -0.39 is 0 Å². The maximum absolute atomic E-state index is 6.38. The lowest BCUT2D eigenvalue weighted by Gasteiger charge is -2.52. The van der Waals surface area contributed by atoms with E-state index in [4.69, 9.17) is 5.73 Å². The lowest BCUT2D eigenvalue weighted by Crippen LogP contribution is -2.61. The summed E-state index contributed by atoms with van der Waals surface area (Å²) in [7, 11) is 0. The van der Waals surface area contributed by atoms with Crippen molar-refractivity contribution in [1.29, 1.82) is 0 Å². The molecule has 1 aliphatic carbocycles. The summed E-state index contributed by atoms with van der Waals surface area (Å²) in [5.74, 6) is 2.44. The summed E-state index contributed by atoms with van der Waals surface area (Å²) < 4.78 is 0. The summed E-state index contributed by atoms with van der Waals surface area (Å²) in [6, 6.07) is 0.838. The molecule has 1 aliphatic heterocycles. The first kappa shape index (κ1) is 16.3. The summed E-state index contributed by atoms with van der Waals surface area (Å²) in [4.78, 5) is 2.88. The lowest BCUT2D eigenvalue weighted by atomic mass is 9.77. The zero-order valence-electron chi connectivity index (χ0n) is 14.2. The number of piperidine rings is 1. The third kappa shape index (κ3) is 3.39. The quantitative estimate of drug-likeness (QED) is 0.795. The van der Waals surface area contributed by atoms with Crippen LogP contribution in [0.4, 0.5) is 0 Å². The van der Waals surface area contributed by atoms with Crippen LogP contribution in [0.15, 0.2) is 0 Å². The molecule has 2 N–H and O–H groups in total. The normalized spacial score (nSPS) is 28.4. The average molecular weight is 280 g/mol. The number of nitrogens with two attached hydrogens (primary N) is 1. The van der Waals surface area contributed by atoms with E-state index in [-0.39, 0.29) is 5.54 Å². The van der Waals surface area contributed by atoms with E-state index in [1.807, 2.05) is 0 Å². The molecule has 0 bridgehead atoms. The fourth-order valence-corrected chi connectivity index (χ4v) is 5.16. The Morgan fingerprint density at radius 3 is 2.15 bits per heavy atom. The molecule has 0 spiro atoms. The van der Waals surface area contributed by atoms with E-state index in [0.29, 0.717) is 0 Å². The van der Waals surface area contributed by atoms with E-state index in [2.05, 4.69) is 32.6 Å². The highest BCUT2D eigenvalue weighted by molar-refractivity contribution is 5.01. The zero-order valence-corrected chi connectivity index (χ0v) is 14.2. The fourth-order valence-electron chi connectivity index (χ4n) is 5.16. The summed E-state index contributed by atoms with van der Waals surface area (Å²) in [5.41, 5.74) is 6.64. The van der Waals surface area contributed by atoms with E-state index >= 15 is 0 Å². The summed E-state index contributed by atoms with van der Waals surface area (Å²) in [6.45, 7) is 11.6. The van der Waals surface area contributed by atoms with Crippen molar-refractivity contribution in [2.45, 2.75) is 84.2 Å². The van der Waals surface area contributed by atoms with Gasteiger partial charge in [0, 0.05) is 18.1 Å². The van der Waals surface area contributed by atoms with Gasteiger partial charge in [0.2, 0.25) is 0 Å². The minimum Gasteiger partial charge on any atom is -0.329 e. The number of likely N-dealkylation sites (tertiary alicyclic amines) is 1. The first-order valence-electron chi connectivity index (χ1n) is 8.95. The molecule has 1 saturated heterocycles. The maximum Gasteiger partial charge on any atom is 0.0339 e. The number of fused-ring (bicyclic) bond motifs is 1. The molecule has 20 heavy (non-hydrogen) atoms. The van der Waals surface area contributed by atoms with Crippen LogP contribution in [0.3, 0.4) is 0 Å². The van der Waals surface area contributed by atoms with Gasteiger partial charge in [-0.3, -0.25) is 4.90 Å². The molecule has 2 unspecified atom stereocenters. The predicted octanol–water partition coefficient (Wildman–Crippen LogP) is 4.04. The summed E-state index contributed by atoms with van der Waals surface area (Å²) >= 11 is 0. The van der Waals surface area contributed by atoms with Crippen LogP contribution >= 0.6 is 0 Å². The van der Waals surface area contributed by atoms with E-state index in [9.17, 15) is 0 Å². The Labute approximate surface area is 126 Å². The Kier molecular flexibility index (Phi) is 5.53. The minimum atomic E-state index is 0.260. The fraction of sp³-hybridized carbons (Fsp3) is 1.00. The molecule has 1 saturated carbocycles. The highest BCUT2D eigenvalue weighted by Crippen LogP contribution is 2.43. The Balaban J connectivity index is 2.23. The number of hydrogen-bond acceptors (Lipinski definition) is 2. The average Bonchev–Trinajstić information content (AvgIpc) is 2.84. The van der Waals surface area contributed by atoms with Gasteiger partial charge >= 0.3 is 0 Å². The molecule has 2 nitrogen and oxygen atoms in total. The standard InChI is InChI=1S/C18H36N2/c1-14(2)11-18(13-19,12-15(3)4)20-10-6-8-16-7-5-9-17(16)20/h14-17H,5-13,19H2,1-4H3. The maximum atomic E-state index is 6.38. The van der Waals surface area contributed by atoms with Gasteiger partial charge in [0.1, 0.15) is 0 Å². The molecule has 2 fully saturated rings. The largest absolute Gasteiger partial charge is 0.329 e. The van der Waals surface area contributed by atoms with Crippen molar-refractivity contribution in [2.75, 3.05) is 13.1 Å². The van der Waals surface area contributed by atoms with Crippen molar-refractivity contribution in [1.82, 2.24) is 4.90 Å². The Morgan fingerprint density at radius 1 is 1.00 bits per heavy atom. The van der Waals surface area contributed by atoms with Crippen LogP contribution in [-0.4, -0.2) is 29.6 Å². The molecule has 2 atom stereocenters. The van der Waals surface area contributed by atoms with E-state index in [1.54, 1.807) is 0 Å². The topological polar surface area (TPSA) is 29.3 Å². The van der Waals surface area contributed by atoms with Crippen LogP contribution < -0.4 is 5.73 Å². The van der Waals surface area contributed by atoms with E-state index in [1.165, 1.54) is 51.5 Å². The summed E-state index contributed by atoms with van der Waals surface area (Å²) in [5, 5.41) is 0. The monoisotopic (exact) mass is 280 g/mol. The predicted molar refractivity (Wildman–Crippen MR) is 87.8 cm³/mol. The molecule has 2 heteroatoms. The van der Waals surface area contributed by atoms with Crippen molar-refractivity contribution >= 4 is 0 Å². The molecule has 1 heterocycles. The SMILES string of the molecule is CC(C)CC(CN)(CC(C)C)N1CCCC2CCCC21. The molecule has 118 valence electrons. The Morgan fingerprint density at radius 2 is 1.60 bits per heavy atom. The Hall–Kier alpha value is -0.0800. The van der Waals surface area contributed by atoms with Gasteiger partial charge < -0.3 is 5.73 Å². The van der Waals surface area contributed by atoms with Crippen LogP contribution in [0.1, 0.15) is 72.6 Å². The molecule has 0 aromatic carbocycles. The molecule has 2 rings (SSSR count). The van der Waals surface area contributed by atoms with Crippen LogP contribution in [0, 0.1) is 17.8 Å². The second-order valence-corrected chi connectivity index (χ2v) is 8.22. The second kappa shape index (κ2) is 6.79. The van der Waals surface area contributed by atoms with Crippen LogP contribution in [-0.2, 0) is 0 Å². The molecule has 0 amide bonds. The third-order valence-electron chi connectivity index (χ3n) is 5.56. The van der Waals surface area contributed by atoms with Gasteiger partial charge in [0.05, 0.1) is 0 Å². The molecule has 0 aromatic heterocycles. The van der Waals surface area contributed by atoms with Crippen molar-refractivity contribution < 1.29 is 0 Å². The lowest BCUT2D eigenvalue weighted by molar-refractivity contribution is -0.0204. The van der Waals surface area contributed by atoms with Gasteiger partial charge in [0.25, 0.3) is 0 Å². The van der Waals surface area contributed by atoms with Crippen molar-refractivity contribution in [2.24, 2.45) is 23.5 Å². The third-order valence-corrected chi connectivity index (χ3v) is 5.56. The molecule has 0 radical (unpaired) electrons. The van der Waals surface area contributed by atoms with E-state index in [0.717, 1.165) is 30.3 Å². The number of rotatable bonds is 6. The van der Waals surface area contributed by atoms with Crippen molar-refractivity contribution in [3.8, 4) is 0 Å². The molecule has 2 aliphatic rings. The number of nitrogens with zero attached hydrogens (tertiary/aromatic N) is 1. The van der Waals surface area contributed by atoms with Crippen LogP contribution in [0.5, 0.6) is 0 Å². The molecular formula is C18H36N2. The molecule has 0 aromatic rings. The number of hydrogen-bond donors (Lipinski definition) is 1. The van der Waals surface area contributed by atoms with Gasteiger partial charge in [0.15, 0.2) is 0 Å². The van der Waals surface area contributed by atoms with Crippen LogP contribution in [0.2, 0.25) is 0 Å². The van der Waals surface area contributed by atoms with Gasteiger partial charge in [-0.25, -0.2) is 0 Å². The van der Waals surface area contributed by atoms with Crippen molar-refractivity contribution in [3.05, 3.63) is 0 Å². The van der Waals surface area contributed by atoms with Crippen LogP contribution in [0.25, 0.3) is 0 Å². The highest BCUT2D eigenvalue weighted by atomic mass is 15.2. The summed E-state index contributed by atoms with van der Waals surface area (Å²) in [6.07, 6.45) is 9.71. The van der Waals surface area contributed by atoms with Gasteiger partial charge in [-0.1, -0.05) is 34.1 Å². The van der Waals surface area contributed by atoms with Crippen molar-refractivity contribution in [3.63, 3.8) is 0 Å². The highest BCUT2D eigenvalue weighted by Gasteiger charge is 2.45. The Bertz CT molecular complexity index is 288. The minimum absolute atomic E-state index is 0.260. The van der Waals surface area contributed by atoms with Gasteiger partial charge in [-0.05, 0) is 62.8 Å². The van der Waals surface area contributed by atoms with Gasteiger partial charge in [-0.2, -0.15) is 0 Å². The second-order valence-electron chi connectivity index (χ2n) is 8.22. The zero-order chi connectivity index (χ0) is 14.8. The van der Waals surface area contributed by atoms with Gasteiger partial charge in [-0.15, -0.1) is 0 Å². The smallest absolute Gasteiger partial charge is 0.0339 e. The first-order valence-corrected chi connectivity index (χ1v) is 8.95. The molecular weight excluding hydrogens is 244 g/mol. The first-order chi connectivity index (χ1) is 9.48.